The molecule has 1 aliphatic carbocycles. The number of aliphatic hydroxyl groups is 1. The van der Waals surface area contributed by atoms with Crippen LogP contribution in [0.3, 0.4) is 0 Å². The molecule has 2 aromatic rings. The van der Waals surface area contributed by atoms with Crippen molar-refractivity contribution >= 4 is 11.4 Å². The van der Waals surface area contributed by atoms with Crippen LogP contribution >= 0.6 is 0 Å². The van der Waals surface area contributed by atoms with Crippen LogP contribution in [0, 0.1) is 24.7 Å². The number of pyridine rings is 1. The third kappa shape index (κ3) is 3.54. The van der Waals surface area contributed by atoms with Crippen molar-refractivity contribution in [2.75, 3.05) is 13.1 Å². The zero-order valence-corrected chi connectivity index (χ0v) is 17.2. The van der Waals surface area contributed by atoms with E-state index in [1.165, 1.54) is 0 Å². The molecule has 152 valence electrons. The summed E-state index contributed by atoms with van der Waals surface area (Å²) in [6, 6.07) is 3.88. The van der Waals surface area contributed by atoms with Crippen molar-refractivity contribution in [2.24, 2.45) is 17.8 Å². The third-order valence-corrected chi connectivity index (χ3v) is 5.85. The molecule has 2 aromatic heterocycles. The Kier molecular flexibility index (Phi) is 4.72. The van der Waals surface area contributed by atoms with Gasteiger partial charge in [0.15, 0.2) is 0 Å². The minimum Gasteiger partial charge on any atom is -0.356 e. The van der Waals surface area contributed by atoms with Crippen LogP contribution in [0.1, 0.15) is 45.1 Å². The standard InChI is InChI=1S/C21H30N4O3/c1-12-7-6-8-25-16(12)9-22-18(25)13(2)23-19(26)17-14-10-24(11-15(14)17)20(27)28-21(3,4)5/h6-9,13-15,17,20,27H,10-11H2,1-5H3,(H,23,26)/t13-,14-,15+,17+,20?/m1/s1. The number of aromatic nitrogens is 2. The van der Waals surface area contributed by atoms with Crippen LogP contribution in [-0.2, 0) is 9.53 Å². The van der Waals surface area contributed by atoms with Crippen LogP contribution in [0.25, 0.3) is 5.52 Å². The molecule has 28 heavy (non-hydrogen) atoms. The summed E-state index contributed by atoms with van der Waals surface area (Å²) in [5.74, 6) is 1.54. The summed E-state index contributed by atoms with van der Waals surface area (Å²) in [5.41, 5.74) is 1.82. The molecule has 0 spiro atoms. The first kappa shape index (κ1) is 19.4. The van der Waals surface area contributed by atoms with Crippen LogP contribution < -0.4 is 5.32 Å². The normalized spacial score (nSPS) is 26.9. The number of likely N-dealkylation sites (tertiary alicyclic amines) is 1. The summed E-state index contributed by atoms with van der Waals surface area (Å²) >= 11 is 0. The summed E-state index contributed by atoms with van der Waals surface area (Å²) < 4.78 is 7.66. The van der Waals surface area contributed by atoms with E-state index >= 15 is 0 Å². The van der Waals surface area contributed by atoms with Gasteiger partial charge in [-0.3, -0.25) is 9.69 Å². The van der Waals surface area contributed by atoms with E-state index in [2.05, 4.69) is 23.3 Å². The van der Waals surface area contributed by atoms with Crippen LogP contribution in [-0.4, -0.2) is 50.4 Å². The first-order valence-electron chi connectivity index (χ1n) is 9.98. The molecule has 1 aliphatic heterocycles. The maximum absolute atomic E-state index is 12.8. The number of hydrogen-bond donors (Lipinski definition) is 2. The maximum atomic E-state index is 12.8. The highest BCUT2D eigenvalue weighted by atomic mass is 16.6. The van der Waals surface area contributed by atoms with Gasteiger partial charge in [-0.15, -0.1) is 0 Å². The number of nitrogens with one attached hydrogen (secondary N) is 1. The molecule has 1 saturated carbocycles. The predicted molar refractivity (Wildman–Crippen MR) is 105 cm³/mol. The van der Waals surface area contributed by atoms with Crippen molar-refractivity contribution in [3.8, 4) is 0 Å². The fourth-order valence-corrected chi connectivity index (χ4v) is 4.40. The second kappa shape index (κ2) is 6.83. The number of ether oxygens (including phenoxy) is 1. The molecular formula is C21H30N4O3. The van der Waals surface area contributed by atoms with E-state index in [1.807, 2.05) is 55.5 Å². The molecule has 0 aromatic carbocycles. The molecule has 0 radical (unpaired) electrons. The summed E-state index contributed by atoms with van der Waals surface area (Å²) in [5, 5.41) is 13.4. The largest absolute Gasteiger partial charge is 0.356 e. The van der Waals surface area contributed by atoms with Crippen molar-refractivity contribution in [2.45, 2.75) is 52.7 Å². The van der Waals surface area contributed by atoms with Gasteiger partial charge < -0.3 is 19.6 Å². The zero-order chi connectivity index (χ0) is 20.2. The minimum atomic E-state index is -0.907. The van der Waals surface area contributed by atoms with Gasteiger partial charge in [-0.1, -0.05) is 6.07 Å². The molecule has 5 atom stereocenters. The van der Waals surface area contributed by atoms with E-state index in [0.29, 0.717) is 24.9 Å². The lowest BCUT2D eigenvalue weighted by Gasteiger charge is -2.31. The number of fused-ring (bicyclic) bond motifs is 2. The summed E-state index contributed by atoms with van der Waals surface area (Å²) in [6.07, 6.45) is 2.93. The van der Waals surface area contributed by atoms with Gasteiger partial charge in [-0.25, -0.2) is 4.98 Å². The van der Waals surface area contributed by atoms with E-state index in [-0.39, 0.29) is 17.9 Å². The van der Waals surface area contributed by atoms with Gasteiger partial charge in [-0.05, 0) is 58.1 Å². The average molecular weight is 386 g/mol. The molecule has 3 heterocycles. The van der Waals surface area contributed by atoms with Crippen LogP contribution in [0.4, 0.5) is 0 Å². The quantitative estimate of drug-likeness (QED) is 0.770. The molecule has 2 fully saturated rings. The number of aliphatic hydroxyl groups excluding tert-OH is 1. The second-order valence-corrected chi connectivity index (χ2v) is 9.16. The Balaban J connectivity index is 1.34. The monoisotopic (exact) mass is 386 g/mol. The molecule has 1 amide bonds. The Morgan fingerprint density at radius 1 is 1.36 bits per heavy atom. The maximum Gasteiger partial charge on any atom is 0.224 e. The highest BCUT2D eigenvalue weighted by Gasteiger charge is 2.60. The molecule has 0 bridgehead atoms. The first-order chi connectivity index (χ1) is 13.2. The molecule has 2 aliphatic rings. The Morgan fingerprint density at radius 2 is 2.04 bits per heavy atom. The van der Waals surface area contributed by atoms with E-state index in [0.717, 1.165) is 16.9 Å². The Morgan fingerprint density at radius 3 is 2.68 bits per heavy atom. The number of imidazole rings is 1. The molecular weight excluding hydrogens is 356 g/mol. The number of nitrogens with zero attached hydrogens (tertiary/aromatic N) is 3. The van der Waals surface area contributed by atoms with Gasteiger partial charge in [0.1, 0.15) is 5.82 Å². The molecule has 7 heteroatoms. The van der Waals surface area contributed by atoms with Crippen molar-refractivity contribution < 1.29 is 14.6 Å². The van der Waals surface area contributed by atoms with Crippen molar-refractivity contribution in [1.82, 2.24) is 19.6 Å². The second-order valence-electron chi connectivity index (χ2n) is 9.16. The number of carbonyl (C=O) groups is 1. The first-order valence-corrected chi connectivity index (χ1v) is 9.98. The highest BCUT2D eigenvalue weighted by molar-refractivity contribution is 5.83. The molecule has 4 rings (SSSR count). The fraction of sp³-hybridized carbons (Fsp3) is 0.619. The van der Waals surface area contributed by atoms with Crippen LogP contribution in [0.15, 0.2) is 24.5 Å². The number of rotatable bonds is 5. The van der Waals surface area contributed by atoms with Gasteiger partial charge in [0, 0.05) is 25.2 Å². The summed E-state index contributed by atoms with van der Waals surface area (Å²) in [6.45, 7) is 11.2. The topological polar surface area (TPSA) is 79.1 Å². The van der Waals surface area contributed by atoms with Crippen LogP contribution in [0.2, 0.25) is 0 Å². The third-order valence-electron chi connectivity index (χ3n) is 5.85. The van der Waals surface area contributed by atoms with Crippen molar-refractivity contribution in [3.63, 3.8) is 0 Å². The Hall–Kier alpha value is -1.96. The van der Waals surface area contributed by atoms with Gasteiger partial charge in [0.25, 0.3) is 0 Å². The van der Waals surface area contributed by atoms with Crippen LogP contribution in [0.5, 0.6) is 0 Å². The molecule has 1 saturated heterocycles. The highest BCUT2D eigenvalue weighted by Crippen LogP contribution is 2.52. The SMILES string of the molecule is Cc1cccn2c([C@@H](C)NC(=O)[C@H]3[C@@H]4CN(C(O)OC(C)(C)C)C[C@@H]43)ncc12. The lowest BCUT2D eigenvalue weighted by Crippen LogP contribution is -2.43. The Bertz CT molecular complexity index is 875. The van der Waals surface area contributed by atoms with E-state index in [9.17, 15) is 9.90 Å². The molecule has 7 nitrogen and oxygen atoms in total. The average Bonchev–Trinajstić information content (AvgIpc) is 2.96. The number of hydrogen-bond acceptors (Lipinski definition) is 5. The van der Waals surface area contributed by atoms with Crippen molar-refractivity contribution in [3.05, 3.63) is 35.9 Å². The summed E-state index contributed by atoms with van der Waals surface area (Å²) in [7, 11) is 0. The minimum absolute atomic E-state index is 0.0218. The predicted octanol–water partition coefficient (Wildman–Crippen LogP) is 2.09. The number of piperidine rings is 1. The number of carbonyl (C=O) groups excluding carboxylic acids is 1. The van der Waals surface area contributed by atoms with Gasteiger partial charge in [0.2, 0.25) is 12.3 Å². The smallest absolute Gasteiger partial charge is 0.224 e. The van der Waals surface area contributed by atoms with Gasteiger partial charge in [0.05, 0.1) is 23.4 Å². The van der Waals surface area contributed by atoms with E-state index < -0.39 is 12.0 Å². The number of amides is 1. The zero-order valence-electron chi connectivity index (χ0n) is 17.2. The van der Waals surface area contributed by atoms with Gasteiger partial charge in [-0.2, -0.15) is 0 Å². The Labute approximate surface area is 165 Å². The lowest BCUT2D eigenvalue weighted by molar-refractivity contribution is -0.236. The van der Waals surface area contributed by atoms with E-state index in [4.69, 9.17) is 4.74 Å². The van der Waals surface area contributed by atoms with E-state index in [1.54, 1.807) is 0 Å². The molecule has 1 unspecified atom stereocenters. The molecule has 2 N–H and O–H groups in total. The summed E-state index contributed by atoms with van der Waals surface area (Å²) in [4.78, 5) is 19.2. The van der Waals surface area contributed by atoms with Gasteiger partial charge >= 0.3 is 0 Å². The van der Waals surface area contributed by atoms with Crippen molar-refractivity contribution in [1.29, 1.82) is 0 Å². The number of aryl methyl sites for hydroxylation is 1. The lowest BCUT2D eigenvalue weighted by atomic mass is 10.2. The fourth-order valence-electron chi connectivity index (χ4n) is 4.40.